The van der Waals surface area contributed by atoms with Crippen LogP contribution in [-0.4, -0.2) is 35.8 Å². The van der Waals surface area contributed by atoms with Crippen LogP contribution in [0.1, 0.15) is 18.0 Å². The second kappa shape index (κ2) is 8.03. The van der Waals surface area contributed by atoms with Crippen LogP contribution in [0.15, 0.2) is 53.6 Å². The van der Waals surface area contributed by atoms with Crippen LogP contribution in [0.4, 0.5) is 13.6 Å². The number of primary amides is 1. The van der Waals surface area contributed by atoms with Crippen LogP contribution in [0.2, 0.25) is 0 Å². The van der Waals surface area contributed by atoms with Gasteiger partial charge in [-0.25, -0.2) is 14.8 Å². The molecule has 0 atom stereocenters. The summed E-state index contributed by atoms with van der Waals surface area (Å²) in [6.45, 7) is 0.426. The standard InChI is InChI=1S/C18H13F2N7O3/c19-15(20)17-26-25-16(30-17)11-1-3-12(22-6-11)7-27-8-13(24-9-27)10-2-4-14(23-5-10)29-18(21)28/h1-6,8-9,15H,7H2,(H2,21,28). The van der Waals surface area contributed by atoms with Gasteiger partial charge in [0, 0.05) is 30.2 Å². The van der Waals surface area contributed by atoms with Crippen LogP contribution in [-0.2, 0) is 6.54 Å². The minimum Gasteiger partial charge on any atom is -0.415 e. The van der Waals surface area contributed by atoms with Gasteiger partial charge in [-0.2, -0.15) is 8.78 Å². The molecule has 0 aliphatic heterocycles. The third-order valence-electron chi connectivity index (χ3n) is 3.91. The van der Waals surface area contributed by atoms with E-state index in [0.29, 0.717) is 23.5 Å². The normalized spacial score (nSPS) is 11.0. The number of nitrogens with zero attached hydrogens (tertiary/aromatic N) is 6. The predicted molar refractivity (Wildman–Crippen MR) is 97.3 cm³/mol. The number of halogens is 2. The zero-order valence-corrected chi connectivity index (χ0v) is 15.1. The lowest BCUT2D eigenvalue weighted by Gasteiger charge is -2.03. The molecule has 0 aliphatic carbocycles. The topological polar surface area (TPSA) is 135 Å². The second-order valence-electron chi connectivity index (χ2n) is 6.02. The van der Waals surface area contributed by atoms with Crippen molar-refractivity contribution in [3.8, 4) is 28.6 Å². The van der Waals surface area contributed by atoms with E-state index in [4.69, 9.17) is 10.2 Å². The molecule has 0 aromatic carbocycles. The average molecular weight is 413 g/mol. The lowest BCUT2D eigenvalue weighted by Crippen LogP contribution is -2.16. The van der Waals surface area contributed by atoms with Crippen LogP contribution >= 0.6 is 0 Å². The number of hydrogen-bond acceptors (Lipinski definition) is 8. The molecule has 4 heterocycles. The fourth-order valence-electron chi connectivity index (χ4n) is 2.56. The largest absolute Gasteiger partial charge is 0.415 e. The molecule has 1 amide bonds. The van der Waals surface area contributed by atoms with Crippen molar-refractivity contribution in [2.24, 2.45) is 5.73 Å². The molecule has 4 aromatic rings. The number of imidazole rings is 1. The van der Waals surface area contributed by atoms with E-state index in [9.17, 15) is 13.6 Å². The maximum atomic E-state index is 12.5. The van der Waals surface area contributed by atoms with Crippen molar-refractivity contribution < 1.29 is 22.7 Å². The van der Waals surface area contributed by atoms with Crippen LogP contribution in [0.3, 0.4) is 0 Å². The summed E-state index contributed by atoms with van der Waals surface area (Å²) in [6, 6.07) is 6.59. The van der Waals surface area contributed by atoms with Gasteiger partial charge in [0.1, 0.15) is 0 Å². The highest BCUT2D eigenvalue weighted by Gasteiger charge is 2.17. The first-order valence-electron chi connectivity index (χ1n) is 8.50. The smallest absolute Gasteiger partial charge is 0.411 e. The summed E-state index contributed by atoms with van der Waals surface area (Å²) in [4.78, 5) is 23.3. The van der Waals surface area contributed by atoms with Crippen LogP contribution in [0.5, 0.6) is 5.88 Å². The number of nitrogens with two attached hydrogens (primary N) is 1. The van der Waals surface area contributed by atoms with Gasteiger partial charge >= 0.3 is 12.5 Å². The third-order valence-corrected chi connectivity index (χ3v) is 3.91. The fraction of sp³-hybridized carbons (Fsp3) is 0.111. The Morgan fingerprint density at radius 2 is 1.90 bits per heavy atom. The van der Waals surface area contributed by atoms with Gasteiger partial charge in [0.2, 0.25) is 11.8 Å². The van der Waals surface area contributed by atoms with E-state index in [-0.39, 0.29) is 11.8 Å². The van der Waals surface area contributed by atoms with Gasteiger partial charge in [-0.15, -0.1) is 10.2 Å². The molecular formula is C18H13F2N7O3. The van der Waals surface area contributed by atoms with E-state index >= 15 is 0 Å². The van der Waals surface area contributed by atoms with Gasteiger partial charge in [-0.1, -0.05) is 0 Å². The number of ether oxygens (including phenoxy) is 1. The molecule has 0 unspecified atom stereocenters. The number of carbonyl (C=O) groups excluding carboxylic acids is 1. The number of hydrogen-bond donors (Lipinski definition) is 1. The summed E-state index contributed by atoms with van der Waals surface area (Å²) in [6.07, 6.45) is 2.65. The quantitative estimate of drug-likeness (QED) is 0.510. The Bertz CT molecular complexity index is 1160. The molecule has 0 fully saturated rings. The van der Waals surface area contributed by atoms with Gasteiger partial charge in [0.25, 0.3) is 5.89 Å². The summed E-state index contributed by atoms with van der Waals surface area (Å²) < 4.78 is 36.5. The first kappa shape index (κ1) is 19.1. The van der Waals surface area contributed by atoms with Gasteiger partial charge < -0.3 is 19.5 Å². The van der Waals surface area contributed by atoms with E-state index in [0.717, 1.165) is 5.56 Å². The van der Waals surface area contributed by atoms with Crippen LogP contribution in [0.25, 0.3) is 22.7 Å². The summed E-state index contributed by atoms with van der Waals surface area (Å²) in [5.74, 6) is -0.661. The Balaban J connectivity index is 1.43. The molecule has 4 rings (SSSR count). The van der Waals surface area contributed by atoms with Crippen LogP contribution in [0, 0.1) is 0 Å². The van der Waals surface area contributed by atoms with Crippen molar-refractivity contribution >= 4 is 6.09 Å². The maximum absolute atomic E-state index is 12.5. The molecule has 2 N–H and O–H groups in total. The number of alkyl halides is 2. The lowest BCUT2D eigenvalue weighted by molar-refractivity contribution is 0.116. The molecule has 0 saturated heterocycles. The molecule has 12 heteroatoms. The number of rotatable bonds is 6. The van der Waals surface area contributed by atoms with Gasteiger partial charge in [0.15, 0.2) is 0 Å². The summed E-state index contributed by atoms with van der Waals surface area (Å²) >= 11 is 0. The zero-order chi connectivity index (χ0) is 21.1. The Morgan fingerprint density at radius 3 is 2.53 bits per heavy atom. The molecule has 10 nitrogen and oxygen atoms in total. The predicted octanol–water partition coefficient (Wildman–Crippen LogP) is 2.83. The lowest BCUT2D eigenvalue weighted by atomic mass is 10.2. The molecule has 4 aromatic heterocycles. The highest BCUT2D eigenvalue weighted by molar-refractivity contribution is 5.67. The summed E-state index contributed by atoms with van der Waals surface area (Å²) in [5, 5.41) is 6.88. The SMILES string of the molecule is NC(=O)Oc1ccc(-c2cn(Cc3ccc(-c4nnc(C(F)F)o4)cn3)cn2)cn1. The molecule has 152 valence electrons. The van der Waals surface area contributed by atoms with Crippen molar-refractivity contribution in [2.75, 3.05) is 0 Å². The number of carbonyl (C=O) groups is 1. The second-order valence-corrected chi connectivity index (χ2v) is 6.02. The molecule has 0 radical (unpaired) electrons. The fourth-order valence-corrected chi connectivity index (χ4v) is 2.56. The van der Waals surface area contributed by atoms with E-state index < -0.39 is 18.4 Å². The molecular weight excluding hydrogens is 400 g/mol. The monoisotopic (exact) mass is 413 g/mol. The van der Waals surface area contributed by atoms with Crippen molar-refractivity contribution in [2.45, 2.75) is 13.0 Å². The molecule has 0 saturated carbocycles. The van der Waals surface area contributed by atoms with E-state index in [1.54, 1.807) is 30.7 Å². The number of amides is 1. The average Bonchev–Trinajstić information content (AvgIpc) is 3.39. The van der Waals surface area contributed by atoms with Gasteiger partial charge in [-0.05, 0) is 18.2 Å². The summed E-state index contributed by atoms with van der Waals surface area (Å²) in [5.41, 5.74) is 7.47. The Hall–Kier alpha value is -4.22. The van der Waals surface area contributed by atoms with Crippen LogP contribution < -0.4 is 10.5 Å². The molecule has 0 spiro atoms. The third kappa shape index (κ3) is 4.27. The Labute approximate surface area is 167 Å². The highest BCUT2D eigenvalue weighted by Crippen LogP contribution is 2.23. The van der Waals surface area contributed by atoms with Crippen molar-refractivity contribution in [1.29, 1.82) is 0 Å². The minimum absolute atomic E-state index is 0.0227. The highest BCUT2D eigenvalue weighted by atomic mass is 19.3. The van der Waals surface area contributed by atoms with Gasteiger partial charge in [-0.3, -0.25) is 4.98 Å². The Morgan fingerprint density at radius 1 is 1.10 bits per heavy atom. The van der Waals surface area contributed by atoms with Crippen molar-refractivity contribution in [1.82, 2.24) is 29.7 Å². The number of pyridine rings is 2. The van der Waals surface area contributed by atoms with Gasteiger partial charge in [0.05, 0.1) is 29.8 Å². The molecule has 30 heavy (non-hydrogen) atoms. The molecule has 0 bridgehead atoms. The molecule has 0 aliphatic rings. The van der Waals surface area contributed by atoms with E-state index in [1.807, 2.05) is 4.57 Å². The summed E-state index contributed by atoms with van der Waals surface area (Å²) in [7, 11) is 0. The minimum atomic E-state index is -2.82. The van der Waals surface area contributed by atoms with Crippen molar-refractivity contribution in [3.05, 3.63) is 60.8 Å². The van der Waals surface area contributed by atoms with E-state index in [2.05, 4.69) is 29.9 Å². The first-order chi connectivity index (χ1) is 14.5. The number of aromatic nitrogens is 6. The van der Waals surface area contributed by atoms with E-state index in [1.165, 1.54) is 18.5 Å². The van der Waals surface area contributed by atoms with Crippen molar-refractivity contribution in [3.63, 3.8) is 0 Å². The first-order valence-corrected chi connectivity index (χ1v) is 8.50. The zero-order valence-electron chi connectivity index (χ0n) is 15.1. The maximum Gasteiger partial charge on any atom is 0.411 e. The Kier molecular flexibility index (Phi) is 5.11.